The molecule has 0 aliphatic carbocycles. The van der Waals surface area contributed by atoms with E-state index in [0.717, 1.165) is 0 Å². The van der Waals surface area contributed by atoms with Crippen LogP contribution >= 0.6 is 18.3 Å². The van der Waals surface area contributed by atoms with Crippen molar-refractivity contribution in [1.82, 2.24) is 5.09 Å². The van der Waals surface area contributed by atoms with Crippen LogP contribution in [0.5, 0.6) is 0 Å². The lowest BCUT2D eigenvalue weighted by molar-refractivity contribution is -0.107. The number of thiol groups is 1. The highest BCUT2D eigenvalue weighted by Crippen LogP contribution is 2.17. The molecule has 1 unspecified atom stereocenters. The molecule has 0 saturated heterocycles. The molecule has 1 atom stereocenters. The van der Waals surface area contributed by atoms with Crippen LogP contribution in [0.3, 0.4) is 0 Å². The molecule has 5 heteroatoms. The Morgan fingerprint density at radius 3 is 2.50 bits per heavy atom. The third kappa shape index (κ3) is 4.47. The predicted molar refractivity (Wildman–Crippen MR) is 33.9 cm³/mol. The minimum atomic E-state index is -1.23. The van der Waals surface area contributed by atoms with Crippen LogP contribution in [0, 0.1) is 0 Å². The Morgan fingerprint density at radius 1 is 2.00 bits per heavy atom. The molecule has 0 radical (unpaired) electrons. The second-order valence-corrected chi connectivity index (χ2v) is 4.94. The summed E-state index contributed by atoms with van der Waals surface area (Å²) >= 11 is 8.25. The first-order chi connectivity index (χ1) is 2.77. The number of rotatable bonds is 2. The van der Waals surface area contributed by atoms with Gasteiger partial charge in [-0.1, -0.05) is 11.8 Å². The minimum Gasteiger partial charge on any atom is -0.325 e. The van der Waals surface area contributed by atoms with Crippen molar-refractivity contribution in [1.29, 1.82) is 0 Å². The van der Waals surface area contributed by atoms with Gasteiger partial charge in [-0.15, -0.1) is 12.2 Å². The zero-order valence-corrected chi connectivity index (χ0v) is 5.55. The maximum absolute atomic E-state index is 9.41. The molecule has 0 rings (SSSR count). The highest BCUT2D eigenvalue weighted by atomic mass is 32.9. The molecular formula is CH4NOPS2. The second kappa shape index (κ2) is 3.65. The van der Waals surface area contributed by atoms with E-state index in [9.17, 15) is 4.79 Å². The fourth-order valence-corrected chi connectivity index (χ4v) is 0.454. The summed E-state index contributed by atoms with van der Waals surface area (Å²) in [4.78, 5) is 9.41. The van der Waals surface area contributed by atoms with Crippen molar-refractivity contribution in [2.24, 2.45) is 0 Å². The fourth-order valence-electron chi connectivity index (χ4n) is 0.0504. The molecule has 6 heavy (non-hydrogen) atoms. The van der Waals surface area contributed by atoms with Gasteiger partial charge in [0.15, 0.2) is 0 Å². The Hall–Kier alpha value is 0.470. The van der Waals surface area contributed by atoms with E-state index in [0.29, 0.717) is 6.41 Å². The average molecular weight is 141 g/mol. The van der Waals surface area contributed by atoms with Crippen LogP contribution in [0.4, 0.5) is 0 Å². The summed E-state index contributed by atoms with van der Waals surface area (Å²) in [6.07, 6.45) is 0.564. The first kappa shape index (κ1) is 6.47. The van der Waals surface area contributed by atoms with Crippen LogP contribution in [0.1, 0.15) is 0 Å². The Bertz CT molecular complexity index is 73.9. The molecule has 0 spiro atoms. The molecule has 0 aliphatic heterocycles. The van der Waals surface area contributed by atoms with Gasteiger partial charge in [0.1, 0.15) is 0 Å². The number of amides is 1. The highest BCUT2D eigenvalue weighted by molar-refractivity contribution is 8.55. The molecule has 1 amide bonds. The Balaban J connectivity index is 3.05. The van der Waals surface area contributed by atoms with Crippen molar-refractivity contribution in [3.63, 3.8) is 0 Å². The topological polar surface area (TPSA) is 29.1 Å². The number of hydrogen-bond acceptors (Lipinski definition) is 2. The predicted octanol–water partition coefficient (Wildman–Crippen LogP) is 0.168. The van der Waals surface area contributed by atoms with Crippen molar-refractivity contribution in [2.75, 3.05) is 0 Å². The first-order valence-electron chi connectivity index (χ1n) is 1.20. The summed E-state index contributed by atoms with van der Waals surface area (Å²) in [7, 11) is 0. The molecule has 2 nitrogen and oxygen atoms in total. The largest absolute Gasteiger partial charge is 0.325 e. The Kier molecular flexibility index (Phi) is 3.94. The molecular weight excluding hydrogens is 137 g/mol. The number of carbonyl (C=O) groups is 1. The van der Waals surface area contributed by atoms with E-state index in [1.807, 2.05) is 0 Å². The van der Waals surface area contributed by atoms with Gasteiger partial charge in [-0.3, -0.25) is 4.79 Å². The van der Waals surface area contributed by atoms with Gasteiger partial charge < -0.3 is 5.09 Å². The summed E-state index contributed by atoms with van der Waals surface area (Å²) in [6, 6.07) is -1.23. The molecule has 0 bridgehead atoms. The number of carbonyl (C=O) groups excluding carboxylic acids is 1. The zero-order chi connectivity index (χ0) is 4.99. The molecule has 0 heterocycles. The summed E-state index contributed by atoms with van der Waals surface area (Å²) in [5.74, 6) is 0. The average Bonchev–Trinajstić information content (AvgIpc) is 1.35. The van der Waals surface area contributed by atoms with E-state index in [2.05, 4.69) is 29.1 Å². The first-order valence-corrected chi connectivity index (χ1v) is 5.12. The van der Waals surface area contributed by atoms with Crippen LogP contribution in [0.25, 0.3) is 0 Å². The maximum Gasteiger partial charge on any atom is 0.211 e. The molecule has 1 N–H and O–H groups in total. The van der Waals surface area contributed by atoms with E-state index in [-0.39, 0.29) is 0 Å². The standard InChI is InChI=1S/CH4NOPS2/c3-1-2-4(5)6/h1,4H,(H2,2,3,5,6). The van der Waals surface area contributed by atoms with Gasteiger partial charge in [0.05, 0.1) is 6.05 Å². The molecule has 0 aromatic rings. The van der Waals surface area contributed by atoms with Gasteiger partial charge in [0, 0.05) is 0 Å². The van der Waals surface area contributed by atoms with Crippen molar-refractivity contribution in [3.8, 4) is 0 Å². The molecule has 0 saturated carbocycles. The summed E-state index contributed by atoms with van der Waals surface area (Å²) in [5.41, 5.74) is 0. The van der Waals surface area contributed by atoms with Gasteiger partial charge in [-0.25, -0.2) is 0 Å². The quantitative estimate of drug-likeness (QED) is 0.326. The third-order valence-electron chi connectivity index (χ3n) is 0.182. The fraction of sp³-hybridized carbons (Fsp3) is 0. The SMILES string of the molecule is O=CN[PH](=S)S. The van der Waals surface area contributed by atoms with Gasteiger partial charge in [-0.2, -0.15) is 0 Å². The van der Waals surface area contributed by atoms with Crippen molar-refractivity contribution in [2.45, 2.75) is 0 Å². The van der Waals surface area contributed by atoms with Crippen molar-refractivity contribution < 1.29 is 4.79 Å². The van der Waals surface area contributed by atoms with Gasteiger partial charge >= 0.3 is 0 Å². The second-order valence-electron chi connectivity index (χ2n) is 0.567. The van der Waals surface area contributed by atoms with Gasteiger partial charge in [0.2, 0.25) is 6.41 Å². The lowest BCUT2D eigenvalue weighted by Crippen LogP contribution is -1.92. The van der Waals surface area contributed by atoms with Crippen LogP contribution in [-0.2, 0) is 16.6 Å². The number of nitrogens with one attached hydrogen (secondary N) is 1. The normalized spacial score (nSPS) is 12.8. The van der Waals surface area contributed by atoms with Crippen LogP contribution in [0.2, 0.25) is 0 Å². The number of hydrogen-bond donors (Lipinski definition) is 2. The summed E-state index contributed by atoms with van der Waals surface area (Å²) in [5, 5.41) is 2.31. The van der Waals surface area contributed by atoms with Crippen molar-refractivity contribution in [3.05, 3.63) is 0 Å². The molecule has 36 valence electrons. The van der Waals surface area contributed by atoms with E-state index in [4.69, 9.17) is 0 Å². The monoisotopic (exact) mass is 141 g/mol. The van der Waals surface area contributed by atoms with Crippen molar-refractivity contribution >= 4 is 36.5 Å². The highest BCUT2D eigenvalue weighted by Gasteiger charge is 1.71. The van der Waals surface area contributed by atoms with E-state index in [1.54, 1.807) is 0 Å². The van der Waals surface area contributed by atoms with Crippen LogP contribution < -0.4 is 5.09 Å². The third-order valence-corrected chi connectivity index (χ3v) is 1.29. The Labute approximate surface area is 46.9 Å². The van der Waals surface area contributed by atoms with E-state index < -0.39 is 6.05 Å². The molecule has 0 aromatic heterocycles. The Morgan fingerprint density at radius 2 is 2.50 bits per heavy atom. The van der Waals surface area contributed by atoms with Crippen LogP contribution in [0.15, 0.2) is 0 Å². The molecule has 0 fully saturated rings. The zero-order valence-electron chi connectivity index (χ0n) is 2.84. The smallest absolute Gasteiger partial charge is 0.211 e. The minimum absolute atomic E-state index is 0.564. The molecule has 0 aliphatic rings. The van der Waals surface area contributed by atoms with E-state index >= 15 is 0 Å². The van der Waals surface area contributed by atoms with Crippen LogP contribution in [-0.4, -0.2) is 6.41 Å². The lowest BCUT2D eigenvalue weighted by atomic mass is 11.5. The molecule has 0 aromatic carbocycles. The maximum atomic E-state index is 9.41. The van der Waals surface area contributed by atoms with E-state index in [1.165, 1.54) is 0 Å². The lowest BCUT2D eigenvalue weighted by Gasteiger charge is -1.85. The van der Waals surface area contributed by atoms with Gasteiger partial charge in [-0.05, 0) is 0 Å². The van der Waals surface area contributed by atoms with Gasteiger partial charge in [0.25, 0.3) is 0 Å². The summed E-state index contributed by atoms with van der Waals surface area (Å²) < 4.78 is 0. The summed E-state index contributed by atoms with van der Waals surface area (Å²) in [6.45, 7) is 0.